The third kappa shape index (κ3) is 5.01. The fourth-order valence-corrected chi connectivity index (χ4v) is 5.94. The molecule has 212 valence electrons. The molecule has 9 heteroatoms. The first-order valence-corrected chi connectivity index (χ1v) is 14.3. The lowest BCUT2D eigenvalue weighted by molar-refractivity contribution is -0.128. The molecule has 0 radical (unpaired) electrons. The van der Waals surface area contributed by atoms with Crippen molar-refractivity contribution in [2.24, 2.45) is 0 Å². The molecule has 4 heterocycles. The molecule has 1 saturated heterocycles. The molecule has 1 aliphatic heterocycles. The Bertz CT molecular complexity index is 1730. The maximum atomic E-state index is 14.1. The number of amides is 1. The number of carbonyl (C=O) groups is 1. The largest absolute Gasteiger partial charge is 0.355 e. The maximum Gasteiger partial charge on any atom is 0.355 e. The average molecular weight is 571 g/mol. The van der Waals surface area contributed by atoms with Gasteiger partial charge in [0.15, 0.2) is 5.65 Å². The van der Waals surface area contributed by atoms with Gasteiger partial charge in [0.1, 0.15) is 5.82 Å². The molecule has 3 aromatic heterocycles. The molecule has 0 bridgehead atoms. The zero-order valence-corrected chi connectivity index (χ0v) is 25.1. The minimum atomic E-state index is -0.444. The third-order valence-corrected chi connectivity index (χ3v) is 8.13. The lowest BCUT2D eigenvalue weighted by Gasteiger charge is -2.44. The van der Waals surface area contributed by atoms with Crippen molar-refractivity contribution in [2.75, 3.05) is 18.0 Å². The number of carbonyl (C=O) groups excluding carboxylic acids is 1. The van der Waals surface area contributed by atoms with Crippen molar-refractivity contribution >= 4 is 34.4 Å². The van der Waals surface area contributed by atoms with Gasteiger partial charge in [0, 0.05) is 36.9 Å². The van der Waals surface area contributed by atoms with Gasteiger partial charge in [0.2, 0.25) is 5.91 Å². The van der Waals surface area contributed by atoms with E-state index in [4.69, 9.17) is 16.6 Å². The van der Waals surface area contributed by atoms with Gasteiger partial charge in [-0.3, -0.25) is 9.78 Å². The van der Waals surface area contributed by atoms with E-state index in [0.29, 0.717) is 46.3 Å². The van der Waals surface area contributed by atoms with Gasteiger partial charge in [-0.25, -0.2) is 14.3 Å². The Kier molecular flexibility index (Phi) is 7.70. The molecule has 1 aliphatic rings. The second-order valence-corrected chi connectivity index (χ2v) is 11.5. The van der Waals surface area contributed by atoms with Crippen LogP contribution in [0, 0.1) is 13.8 Å². The highest BCUT2D eigenvalue weighted by Crippen LogP contribution is 2.36. The number of hydrogen-bond donors (Lipinski definition) is 0. The van der Waals surface area contributed by atoms with Gasteiger partial charge in [-0.2, -0.15) is 4.98 Å². The van der Waals surface area contributed by atoms with Crippen LogP contribution in [0.1, 0.15) is 50.4 Å². The Hall–Kier alpha value is -4.04. The van der Waals surface area contributed by atoms with E-state index in [9.17, 15) is 9.59 Å². The molecular formula is C32H35ClN6O2. The Morgan fingerprint density at radius 1 is 1.07 bits per heavy atom. The van der Waals surface area contributed by atoms with Crippen molar-refractivity contribution in [3.8, 4) is 16.9 Å². The van der Waals surface area contributed by atoms with E-state index in [1.54, 1.807) is 15.7 Å². The summed E-state index contributed by atoms with van der Waals surface area (Å²) < 4.78 is 1.58. The number of piperazine rings is 1. The molecule has 0 saturated carbocycles. The van der Waals surface area contributed by atoms with Gasteiger partial charge in [-0.1, -0.05) is 56.3 Å². The average Bonchev–Trinajstić information content (AvgIpc) is 2.94. The molecule has 1 amide bonds. The predicted molar refractivity (Wildman–Crippen MR) is 165 cm³/mol. The molecule has 5 rings (SSSR count). The second-order valence-electron chi connectivity index (χ2n) is 11.1. The van der Waals surface area contributed by atoms with Crippen LogP contribution in [-0.2, 0) is 4.79 Å². The number of hydrogen-bond acceptors (Lipinski definition) is 6. The fourth-order valence-electron chi connectivity index (χ4n) is 5.68. The predicted octanol–water partition coefficient (Wildman–Crippen LogP) is 5.85. The van der Waals surface area contributed by atoms with Gasteiger partial charge in [0.25, 0.3) is 0 Å². The highest BCUT2D eigenvalue weighted by Gasteiger charge is 2.34. The van der Waals surface area contributed by atoms with Crippen molar-refractivity contribution in [1.82, 2.24) is 24.4 Å². The Morgan fingerprint density at radius 3 is 2.49 bits per heavy atom. The van der Waals surface area contributed by atoms with Crippen molar-refractivity contribution in [3.63, 3.8) is 0 Å². The highest BCUT2D eigenvalue weighted by atomic mass is 35.5. The van der Waals surface area contributed by atoms with Crippen molar-refractivity contribution in [1.29, 1.82) is 0 Å². The van der Waals surface area contributed by atoms with Crippen LogP contribution >= 0.6 is 11.6 Å². The quantitative estimate of drug-likeness (QED) is 0.280. The summed E-state index contributed by atoms with van der Waals surface area (Å²) in [5.41, 5.74) is 4.90. The summed E-state index contributed by atoms with van der Waals surface area (Å²) in [5, 5.41) is 1.13. The minimum absolute atomic E-state index is 0.0611. The first-order chi connectivity index (χ1) is 19.5. The standard InChI is InChI=1S/C32H35ClN6O2/c1-8-26(40)37-16-22(7)38(17-21(37)6)30-24-15-25(33)28(23-12-10-9-11-19(23)4)35-31(24)39(32(41)36-30)29-20(5)13-14-34-27(29)18(2)3/h8-15,18,21-22H,1,16-17H2,2-7H3. The summed E-state index contributed by atoms with van der Waals surface area (Å²) in [7, 11) is 0. The number of halogens is 1. The zero-order chi connectivity index (χ0) is 29.6. The summed E-state index contributed by atoms with van der Waals surface area (Å²) in [6.45, 7) is 16.7. The van der Waals surface area contributed by atoms with Gasteiger partial charge in [0.05, 0.1) is 27.5 Å². The van der Waals surface area contributed by atoms with Crippen LogP contribution in [0.4, 0.5) is 5.82 Å². The van der Waals surface area contributed by atoms with Gasteiger partial charge in [-0.05, 0) is 62.9 Å². The topological polar surface area (TPSA) is 84.2 Å². The van der Waals surface area contributed by atoms with Crippen molar-refractivity contribution in [2.45, 2.75) is 59.5 Å². The molecule has 4 aromatic rings. The summed E-state index contributed by atoms with van der Waals surface area (Å²) in [6.07, 6.45) is 3.10. The molecule has 2 atom stereocenters. The summed E-state index contributed by atoms with van der Waals surface area (Å²) in [5.74, 6) is 0.453. The summed E-state index contributed by atoms with van der Waals surface area (Å²) >= 11 is 6.95. The lowest BCUT2D eigenvalue weighted by Crippen LogP contribution is -2.58. The first kappa shape index (κ1) is 28.5. The number of nitrogens with zero attached hydrogens (tertiary/aromatic N) is 6. The molecule has 2 unspecified atom stereocenters. The minimum Gasteiger partial charge on any atom is -0.349 e. The molecule has 8 nitrogen and oxygen atoms in total. The fraction of sp³-hybridized carbons (Fsp3) is 0.344. The van der Waals surface area contributed by atoms with Gasteiger partial charge >= 0.3 is 5.69 Å². The van der Waals surface area contributed by atoms with E-state index in [0.717, 1.165) is 22.4 Å². The maximum absolute atomic E-state index is 14.1. The van der Waals surface area contributed by atoms with Crippen LogP contribution < -0.4 is 10.6 Å². The van der Waals surface area contributed by atoms with Crippen LogP contribution in [0.25, 0.3) is 28.0 Å². The number of rotatable bonds is 5. The summed E-state index contributed by atoms with van der Waals surface area (Å²) in [4.78, 5) is 44.8. The van der Waals surface area contributed by atoms with Crippen LogP contribution in [0.15, 0.2) is 60.0 Å². The molecular weight excluding hydrogens is 536 g/mol. The monoisotopic (exact) mass is 570 g/mol. The highest BCUT2D eigenvalue weighted by molar-refractivity contribution is 6.34. The Morgan fingerprint density at radius 2 is 1.80 bits per heavy atom. The number of benzene rings is 1. The van der Waals surface area contributed by atoms with Crippen LogP contribution in [-0.4, -0.2) is 55.5 Å². The Labute approximate surface area is 245 Å². The van der Waals surface area contributed by atoms with E-state index in [1.807, 2.05) is 64.1 Å². The van der Waals surface area contributed by atoms with Crippen LogP contribution in [0.3, 0.4) is 0 Å². The second kappa shape index (κ2) is 11.1. The molecule has 1 fully saturated rings. The smallest absolute Gasteiger partial charge is 0.349 e. The first-order valence-electron chi connectivity index (χ1n) is 13.9. The number of fused-ring (bicyclic) bond motifs is 1. The van der Waals surface area contributed by atoms with E-state index < -0.39 is 5.69 Å². The number of aromatic nitrogens is 4. The van der Waals surface area contributed by atoms with Gasteiger partial charge < -0.3 is 9.80 Å². The number of anilines is 1. The molecule has 0 N–H and O–H groups in total. The lowest BCUT2D eigenvalue weighted by atomic mass is 10.0. The van der Waals surface area contributed by atoms with E-state index in [1.165, 1.54) is 6.08 Å². The summed E-state index contributed by atoms with van der Waals surface area (Å²) in [6, 6.07) is 11.4. The SMILES string of the molecule is C=CC(=O)N1CC(C)N(c2nc(=O)n(-c3c(C)ccnc3C(C)C)c3nc(-c4ccccc4C)c(Cl)cc23)CC1C. The molecule has 0 aliphatic carbocycles. The molecule has 41 heavy (non-hydrogen) atoms. The van der Waals surface area contributed by atoms with Crippen LogP contribution in [0.2, 0.25) is 5.02 Å². The zero-order valence-electron chi connectivity index (χ0n) is 24.3. The number of aryl methyl sites for hydroxylation is 2. The van der Waals surface area contributed by atoms with Crippen molar-refractivity contribution in [3.05, 3.63) is 87.6 Å². The molecule has 0 spiro atoms. The molecule has 1 aromatic carbocycles. The third-order valence-electron chi connectivity index (χ3n) is 7.84. The van der Waals surface area contributed by atoms with Crippen molar-refractivity contribution < 1.29 is 4.79 Å². The van der Waals surface area contributed by atoms with E-state index >= 15 is 0 Å². The van der Waals surface area contributed by atoms with Gasteiger partial charge in [-0.15, -0.1) is 0 Å². The number of pyridine rings is 2. The van der Waals surface area contributed by atoms with E-state index in [-0.39, 0.29) is 23.9 Å². The normalized spacial score (nSPS) is 17.4. The van der Waals surface area contributed by atoms with Crippen LogP contribution in [0.5, 0.6) is 0 Å². The van der Waals surface area contributed by atoms with E-state index in [2.05, 4.69) is 35.3 Å². The Balaban J connectivity index is 1.83.